The van der Waals surface area contributed by atoms with Crippen LogP contribution < -0.4 is 0 Å². The number of nitrogens with zero attached hydrogens (tertiary/aromatic N) is 2. The maximum Gasteiger partial charge on any atom is 0.112 e. The molecule has 0 fully saturated rings. The summed E-state index contributed by atoms with van der Waals surface area (Å²) in [5.74, 6) is 0.708. The third kappa shape index (κ3) is 5.29. The summed E-state index contributed by atoms with van der Waals surface area (Å²) in [6.45, 7) is 4.58. The number of aliphatic hydroxyl groups is 1. The lowest BCUT2D eigenvalue weighted by molar-refractivity contribution is 0.0892. The van der Waals surface area contributed by atoms with E-state index >= 15 is 0 Å². The van der Waals surface area contributed by atoms with E-state index in [1.54, 1.807) is 18.6 Å². The fourth-order valence-corrected chi connectivity index (χ4v) is 4.16. The van der Waals surface area contributed by atoms with E-state index in [1.165, 1.54) is 22.2 Å². The number of benzene rings is 2. The molecule has 0 bridgehead atoms. The first-order valence-electron chi connectivity index (χ1n) is 8.71. The average molecular weight is 421 g/mol. The molecule has 6 heteroatoms. The summed E-state index contributed by atoms with van der Waals surface area (Å²) in [7, 11) is 0. The van der Waals surface area contributed by atoms with E-state index in [9.17, 15) is 5.11 Å². The van der Waals surface area contributed by atoms with Gasteiger partial charge in [-0.05, 0) is 35.1 Å². The van der Waals surface area contributed by atoms with Crippen LogP contribution in [0, 0.1) is 16.4 Å². The first-order chi connectivity index (χ1) is 12.8. The van der Waals surface area contributed by atoms with Gasteiger partial charge in [0.05, 0.1) is 6.33 Å². The lowest BCUT2D eigenvalue weighted by Crippen LogP contribution is -2.31. The van der Waals surface area contributed by atoms with Gasteiger partial charge in [-0.3, -0.25) is 0 Å². The SMILES string of the molecule is CC(Cn1ccnc1)C(C)(O)SCc1ccc(Cl)cc1Cl.c1cc2ccc1=2. The second kappa shape index (κ2) is 8.70. The van der Waals surface area contributed by atoms with Crippen molar-refractivity contribution in [2.45, 2.75) is 31.1 Å². The Kier molecular flexibility index (Phi) is 6.53. The van der Waals surface area contributed by atoms with Crippen LogP contribution >= 0.6 is 35.0 Å². The molecule has 2 aliphatic carbocycles. The van der Waals surface area contributed by atoms with Crippen molar-refractivity contribution in [2.24, 2.45) is 5.92 Å². The molecular weight excluding hydrogens is 399 g/mol. The Labute approximate surface area is 173 Å². The lowest BCUT2D eigenvalue weighted by atomic mass is 10.1. The van der Waals surface area contributed by atoms with Crippen molar-refractivity contribution < 1.29 is 5.11 Å². The second-order valence-electron chi connectivity index (χ2n) is 6.82. The van der Waals surface area contributed by atoms with E-state index in [4.69, 9.17) is 23.2 Å². The van der Waals surface area contributed by atoms with Crippen LogP contribution in [0.25, 0.3) is 0 Å². The van der Waals surface area contributed by atoms with Gasteiger partial charge in [0.15, 0.2) is 0 Å². The maximum atomic E-state index is 10.6. The Morgan fingerprint density at radius 2 is 1.81 bits per heavy atom. The minimum atomic E-state index is -0.854. The summed E-state index contributed by atoms with van der Waals surface area (Å²) in [5, 5.41) is 14.8. The predicted molar refractivity (Wildman–Crippen MR) is 114 cm³/mol. The second-order valence-corrected chi connectivity index (χ2v) is 9.06. The third-order valence-electron chi connectivity index (χ3n) is 4.71. The van der Waals surface area contributed by atoms with E-state index in [1.807, 2.05) is 36.7 Å². The number of imidazole rings is 1. The zero-order valence-corrected chi connectivity index (χ0v) is 17.6. The summed E-state index contributed by atoms with van der Waals surface area (Å²) < 4.78 is 1.97. The first-order valence-corrected chi connectivity index (χ1v) is 10.5. The standard InChI is InChI=1S/C15H18Cl2N2OS.C6H4/c1-11(8-19-6-5-18-10-19)15(2,20)21-9-12-3-4-13(16)7-14(12)17;1-2-6-4-3-5(1)6/h3-7,10-11,20H,8-9H2,1-2H3;1-4H. The van der Waals surface area contributed by atoms with Gasteiger partial charge in [0.2, 0.25) is 0 Å². The number of hydrogen-bond donors (Lipinski definition) is 1. The zero-order valence-electron chi connectivity index (χ0n) is 15.3. The zero-order chi connectivity index (χ0) is 19.4. The minimum absolute atomic E-state index is 0.0720. The Hall–Kier alpha value is -1.46. The van der Waals surface area contributed by atoms with E-state index in [0.717, 1.165) is 5.56 Å². The van der Waals surface area contributed by atoms with Crippen LogP contribution in [-0.4, -0.2) is 19.6 Å². The molecule has 1 heterocycles. The van der Waals surface area contributed by atoms with Crippen LogP contribution in [0.5, 0.6) is 0 Å². The average Bonchev–Trinajstić information content (AvgIpc) is 3.11. The quantitative estimate of drug-likeness (QED) is 0.403. The summed E-state index contributed by atoms with van der Waals surface area (Å²) >= 11 is 13.5. The Balaban J connectivity index is 0.000000290. The molecule has 0 aliphatic heterocycles. The highest BCUT2D eigenvalue weighted by atomic mass is 35.5. The fourth-order valence-electron chi connectivity index (χ4n) is 2.55. The topological polar surface area (TPSA) is 38.0 Å². The Morgan fingerprint density at radius 1 is 1.15 bits per heavy atom. The molecule has 142 valence electrons. The molecule has 27 heavy (non-hydrogen) atoms. The van der Waals surface area contributed by atoms with Gasteiger partial charge in [-0.2, -0.15) is 0 Å². The van der Waals surface area contributed by atoms with Crippen molar-refractivity contribution in [1.82, 2.24) is 9.55 Å². The number of halogens is 2. The van der Waals surface area contributed by atoms with Crippen molar-refractivity contribution in [1.29, 1.82) is 0 Å². The minimum Gasteiger partial charge on any atom is -0.379 e. The van der Waals surface area contributed by atoms with Gasteiger partial charge in [0.25, 0.3) is 0 Å². The number of hydrogen-bond acceptors (Lipinski definition) is 3. The summed E-state index contributed by atoms with van der Waals surface area (Å²) in [6, 6.07) is 13.9. The van der Waals surface area contributed by atoms with Crippen LogP contribution in [0.1, 0.15) is 19.4 Å². The first kappa shape index (κ1) is 20.3. The van der Waals surface area contributed by atoms with Crippen molar-refractivity contribution in [2.75, 3.05) is 0 Å². The van der Waals surface area contributed by atoms with Gasteiger partial charge in [-0.25, -0.2) is 4.98 Å². The smallest absolute Gasteiger partial charge is 0.112 e. The fraction of sp³-hybridized carbons (Fsp3) is 0.286. The van der Waals surface area contributed by atoms with Crippen molar-refractivity contribution in [3.63, 3.8) is 0 Å². The van der Waals surface area contributed by atoms with Gasteiger partial charge in [0.1, 0.15) is 4.93 Å². The monoisotopic (exact) mass is 420 g/mol. The van der Waals surface area contributed by atoms with Crippen molar-refractivity contribution >= 4 is 35.0 Å². The molecule has 4 rings (SSSR count). The lowest BCUT2D eigenvalue weighted by Gasteiger charge is -2.30. The van der Waals surface area contributed by atoms with Gasteiger partial charge in [0, 0.05) is 40.7 Å². The predicted octanol–water partition coefficient (Wildman–Crippen LogP) is 5.75. The normalized spacial score (nSPS) is 14.7. The van der Waals surface area contributed by atoms with Gasteiger partial charge < -0.3 is 9.67 Å². The van der Waals surface area contributed by atoms with Crippen LogP contribution in [0.2, 0.25) is 10.0 Å². The van der Waals surface area contributed by atoms with Gasteiger partial charge in [-0.1, -0.05) is 60.5 Å². The Morgan fingerprint density at radius 3 is 2.30 bits per heavy atom. The molecule has 1 aromatic carbocycles. The highest BCUT2D eigenvalue weighted by molar-refractivity contribution is 7.99. The number of aromatic nitrogens is 2. The molecular formula is C21H22Cl2N2OS. The summed E-state index contributed by atoms with van der Waals surface area (Å²) in [5.41, 5.74) is 0.973. The molecule has 1 N–H and O–H groups in total. The third-order valence-corrected chi connectivity index (χ3v) is 6.74. The van der Waals surface area contributed by atoms with E-state index in [-0.39, 0.29) is 5.92 Å². The Bertz CT molecular complexity index is 939. The maximum absolute atomic E-state index is 10.6. The van der Waals surface area contributed by atoms with E-state index in [2.05, 4.69) is 29.2 Å². The summed E-state index contributed by atoms with van der Waals surface area (Å²) in [4.78, 5) is 3.16. The molecule has 3 nitrogen and oxygen atoms in total. The molecule has 2 aliphatic rings. The molecule has 0 saturated carbocycles. The van der Waals surface area contributed by atoms with Crippen LogP contribution in [-0.2, 0) is 12.3 Å². The van der Waals surface area contributed by atoms with E-state index in [0.29, 0.717) is 22.3 Å². The van der Waals surface area contributed by atoms with Gasteiger partial charge in [-0.15, -0.1) is 11.8 Å². The molecule has 0 radical (unpaired) electrons. The molecule has 2 aromatic rings. The summed E-state index contributed by atoms with van der Waals surface area (Å²) in [6.07, 6.45) is 5.39. The number of thioether (sulfide) groups is 1. The largest absolute Gasteiger partial charge is 0.379 e. The number of rotatable bonds is 6. The molecule has 2 atom stereocenters. The van der Waals surface area contributed by atoms with Crippen LogP contribution in [0.3, 0.4) is 0 Å². The molecule has 0 amide bonds. The van der Waals surface area contributed by atoms with Crippen molar-refractivity contribution in [3.8, 4) is 0 Å². The highest BCUT2D eigenvalue weighted by Crippen LogP contribution is 2.35. The van der Waals surface area contributed by atoms with Crippen LogP contribution in [0.15, 0.2) is 61.2 Å². The molecule has 1 aromatic heterocycles. The van der Waals surface area contributed by atoms with Crippen LogP contribution in [0.4, 0.5) is 0 Å². The molecule has 2 unspecified atom stereocenters. The molecule has 0 spiro atoms. The molecule has 0 saturated heterocycles. The highest BCUT2D eigenvalue weighted by Gasteiger charge is 2.29. The van der Waals surface area contributed by atoms with Gasteiger partial charge >= 0.3 is 0 Å². The van der Waals surface area contributed by atoms with E-state index < -0.39 is 4.93 Å². The van der Waals surface area contributed by atoms with Crippen molar-refractivity contribution in [3.05, 3.63) is 87.2 Å².